The van der Waals surface area contributed by atoms with Crippen LogP contribution in [0.3, 0.4) is 0 Å². The number of benzene rings is 8. The minimum atomic E-state index is 0.169. The van der Waals surface area contributed by atoms with Crippen molar-refractivity contribution in [2.45, 2.75) is 26.6 Å². The smallest absolute Gasteiger partial charge is 0.123 e. The monoisotopic (exact) mass is 1070 g/mol. The molecule has 0 aromatic heterocycles. The van der Waals surface area contributed by atoms with Crippen molar-refractivity contribution in [3.8, 4) is 34.5 Å². The predicted molar refractivity (Wildman–Crippen MR) is 295 cm³/mol. The lowest BCUT2D eigenvalue weighted by molar-refractivity contribution is 0.305. The van der Waals surface area contributed by atoms with Gasteiger partial charge < -0.3 is 29.1 Å². The van der Waals surface area contributed by atoms with Crippen LogP contribution in [0.5, 0.6) is 34.5 Å². The van der Waals surface area contributed by atoms with Gasteiger partial charge in [-0.1, -0.05) is 191 Å². The first-order valence-corrected chi connectivity index (χ1v) is 27.4. The average molecular weight is 1080 g/mol. The Bertz CT molecular complexity index is 2270. The van der Waals surface area contributed by atoms with Gasteiger partial charge >= 0.3 is 0 Å². The summed E-state index contributed by atoms with van der Waals surface area (Å²) in [5.41, 5.74) is 2.51. The van der Waals surface area contributed by atoms with E-state index in [1.54, 1.807) is 24.3 Å². The molecule has 12 heteroatoms. The van der Waals surface area contributed by atoms with Crippen molar-refractivity contribution in [2.24, 2.45) is 0 Å². The highest BCUT2D eigenvalue weighted by atomic mass is 127. The Morgan fingerprint density at radius 1 is 0.400 bits per heavy atom. The third-order valence-corrected chi connectivity index (χ3v) is 12.4. The molecule has 0 heterocycles. The molecular weight excluding hydrogens is 1020 g/mol. The standard InChI is InChI=1S/C15H17OP.C13H13OP.C12H11O2P.C6H6ClP.C6H6O2.CH3I/c1-12-8-10-14(11-9-12)16-13(2)17-15-6-4-3-5-7-15;1-11-7-9-12(10-8-11)14-15-13-5-3-2-4-6-13;13-10-6-8-11(9-7-10)14-15-12-4-2-1-3-5-12;7-8-6-4-2-1-3-5-6;7-5-1-2-6(8)4-3-5;1-2/h3-11,13,17H,1-2H3;2-10,15H,1H3;1-9,13,15H;1-5,8H;1-4,7-8H;1H3. The van der Waals surface area contributed by atoms with Crippen LogP contribution in [0.2, 0.25) is 0 Å². The van der Waals surface area contributed by atoms with Crippen molar-refractivity contribution in [1.29, 1.82) is 0 Å². The van der Waals surface area contributed by atoms with Gasteiger partial charge in [-0.3, -0.25) is 0 Å². The zero-order chi connectivity index (χ0) is 46.9. The maximum atomic E-state index is 9.09. The lowest BCUT2D eigenvalue weighted by Gasteiger charge is -2.14. The minimum absolute atomic E-state index is 0.169. The topological polar surface area (TPSA) is 88.4 Å². The van der Waals surface area contributed by atoms with E-state index in [0.717, 1.165) is 22.6 Å². The second-order valence-corrected chi connectivity index (χ2v) is 18.5. The van der Waals surface area contributed by atoms with Gasteiger partial charge in [-0.2, -0.15) is 0 Å². The summed E-state index contributed by atoms with van der Waals surface area (Å²) in [7, 11) is 1.76. The summed E-state index contributed by atoms with van der Waals surface area (Å²) in [5, 5.41) is 31.3. The van der Waals surface area contributed by atoms with Crippen LogP contribution in [-0.4, -0.2) is 26.1 Å². The Labute approximate surface area is 411 Å². The highest BCUT2D eigenvalue weighted by Gasteiger charge is 2.05. The van der Waals surface area contributed by atoms with Crippen molar-refractivity contribution in [3.63, 3.8) is 0 Å². The van der Waals surface area contributed by atoms with E-state index < -0.39 is 0 Å². The summed E-state index contributed by atoms with van der Waals surface area (Å²) < 4.78 is 17.1. The van der Waals surface area contributed by atoms with Crippen LogP contribution in [-0.2, 0) is 0 Å². The number of halogens is 2. The van der Waals surface area contributed by atoms with Crippen LogP contribution in [0.1, 0.15) is 18.1 Å². The highest BCUT2D eigenvalue weighted by Crippen LogP contribution is 2.24. The first-order valence-electron chi connectivity index (χ1n) is 20.3. The van der Waals surface area contributed by atoms with Gasteiger partial charge in [0.1, 0.15) is 58.0 Å². The van der Waals surface area contributed by atoms with Crippen LogP contribution in [0, 0.1) is 13.8 Å². The molecule has 0 saturated carbocycles. The van der Waals surface area contributed by atoms with E-state index in [1.807, 2.05) is 114 Å². The Morgan fingerprint density at radius 3 is 1.03 bits per heavy atom. The zero-order valence-corrected chi connectivity index (χ0v) is 43.6. The molecule has 0 aliphatic carbocycles. The highest BCUT2D eigenvalue weighted by molar-refractivity contribution is 14.1. The molecule has 0 spiro atoms. The fourth-order valence-corrected chi connectivity index (χ4v) is 8.09. The van der Waals surface area contributed by atoms with E-state index in [4.69, 9.17) is 40.3 Å². The molecule has 0 saturated heterocycles. The molecule has 0 radical (unpaired) electrons. The fourth-order valence-electron chi connectivity index (χ4n) is 4.94. The first kappa shape index (κ1) is 54.6. The van der Waals surface area contributed by atoms with E-state index in [2.05, 4.69) is 104 Å². The summed E-state index contributed by atoms with van der Waals surface area (Å²) in [6, 6.07) is 69.5. The lowest BCUT2D eigenvalue weighted by atomic mass is 10.2. The predicted octanol–water partition coefficient (Wildman–Crippen LogP) is 14.0. The number of aryl methyl sites for hydroxylation is 2. The normalized spacial score (nSPS) is 10.8. The summed E-state index contributed by atoms with van der Waals surface area (Å²) >= 11 is 7.70. The van der Waals surface area contributed by atoms with E-state index in [1.165, 1.54) is 51.3 Å². The molecule has 0 aliphatic rings. The molecule has 6 nitrogen and oxygen atoms in total. The molecule has 65 heavy (non-hydrogen) atoms. The van der Waals surface area contributed by atoms with Gasteiger partial charge in [-0.15, -0.1) is 0 Å². The van der Waals surface area contributed by atoms with E-state index in [0.29, 0.717) is 34.1 Å². The van der Waals surface area contributed by atoms with Crippen molar-refractivity contribution < 1.29 is 29.1 Å². The number of phenols is 3. The van der Waals surface area contributed by atoms with Gasteiger partial charge in [0.2, 0.25) is 0 Å². The summed E-state index contributed by atoms with van der Waals surface area (Å²) in [4.78, 5) is 1.97. The van der Waals surface area contributed by atoms with Gasteiger partial charge in [-0.05, 0) is 118 Å². The number of hydrogen-bond acceptors (Lipinski definition) is 6. The number of hydrogen-bond donors (Lipinski definition) is 3. The molecular formula is C53H56ClIO6P4. The molecule has 338 valence electrons. The van der Waals surface area contributed by atoms with E-state index in [9.17, 15) is 0 Å². The number of phenolic OH excluding ortho intramolecular Hbond substituents is 3. The second-order valence-electron chi connectivity index (χ2n) is 13.5. The van der Waals surface area contributed by atoms with Crippen LogP contribution in [0.4, 0.5) is 0 Å². The molecule has 0 fully saturated rings. The third kappa shape index (κ3) is 25.5. The molecule has 8 aromatic rings. The quantitative estimate of drug-likeness (QED) is 0.0518. The van der Waals surface area contributed by atoms with Gasteiger partial charge in [0.15, 0.2) is 0 Å². The van der Waals surface area contributed by atoms with Crippen LogP contribution < -0.4 is 35.0 Å². The summed E-state index contributed by atoms with van der Waals surface area (Å²) in [6.45, 7) is 6.27. The molecule has 8 rings (SSSR count). The molecule has 0 amide bonds. The van der Waals surface area contributed by atoms with Crippen molar-refractivity contribution >= 4 is 89.2 Å². The molecule has 8 aromatic carbocycles. The Hall–Kier alpha value is -4.70. The van der Waals surface area contributed by atoms with Crippen molar-refractivity contribution in [1.82, 2.24) is 0 Å². The maximum Gasteiger partial charge on any atom is 0.123 e. The molecule has 0 bridgehead atoms. The largest absolute Gasteiger partial charge is 0.508 e. The lowest BCUT2D eigenvalue weighted by Crippen LogP contribution is -2.09. The fraction of sp³-hybridized carbons (Fsp3) is 0.0943. The van der Waals surface area contributed by atoms with Gasteiger partial charge in [-0.25, -0.2) is 0 Å². The number of rotatable bonds is 11. The zero-order valence-electron chi connectivity index (χ0n) is 36.7. The number of aromatic hydroxyl groups is 3. The Morgan fingerprint density at radius 2 is 0.692 bits per heavy atom. The van der Waals surface area contributed by atoms with Crippen LogP contribution >= 0.6 is 68.0 Å². The third-order valence-electron chi connectivity index (χ3n) is 8.19. The van der Waals surface area contributed by atoms with Crippen molar-refractivity contribution in [3.05, 3.63) is 230 Å². The van der Waals surface area contributed by atoms with Gasteiger partial charge in [0, 0.05) is 18.5 Å². The number of ether oxygens (including phenoxy) is 1. The van der Waals surface area contributed by atoms with Gasteiger partial charge in [0.25, 0.3) is 0 Å². The van der Waals surface area contributed by atoms with E-state index in [-0.39, 0.29) is 23.1 Å². The Balaban J connectivity index is 0.000000220. The summed E-state index contributed by atoms with van der Waals surface area (Å²) in [6.07, 6.45) is 0. The summed E-state index contributed by atoms with van der Waals surface area (Å²) in [5.74, 6) is 3.47. The molecule has 5 unspecified atom stereocenters. The van der Waals surface area contributed by atoms with E-state index >= 15 is 0 Å². The Kier molecular flexibility index (Phi) is 28.4. The number of alkyl halides is 1. The SMILES string of the molecule is CI.Cc1ccc(OC(C)Pc2ccccc2)cc1.Cc1ccc(OPc2ccccc2)cc1.ClPc1ccccc1.Oc1ccc(O)cc1.Oc1ccc(OPc2ccccc2)cc1. The van der Waals surface area contributed by atoms with Gasteiger partial charge in [0.05, 0.1) is 0 Å². The van der Waals surface area contributed by atoms with Crippen LogP contribution in [0.25, 0.3) is 0 Å². The second kappa shape index (κ2) is 33.7. The molecule has 5 atom stereocenters. The first-order chi connectivity index (χ1) is 31.6. The molecule has 0 aliphatic heterocycles. The minimum Gasteiger partial charge on any atom is -0.508 e. The van der Waals surface area contributed by atoms with Crippen molar-refractivity contribution in [2.75, 3.05) is 4.93 Å². The average Bonchev–Trinajstić information content (AvgIpc) is 3.35. The molecule has 3 N–H and O–H groups in total. The van der Waals surface area contributed by atoms with Crippen LogP contribution in [0.15, 0.2) is 218 Å². The maximum absolute atomic E-state index is 9.09.